The van der Waals surface area contributed by atoms with Crippen molar-refractivity contribution in [1.82, 2.24) is 5.16 Å². The third-order valence-electron chi connectivity index (χ3n) is 1.76. The zero-order valence-electron chi connectivity index (χ0n) is 6.38. The van der Waals surface area contributed by atoms with Crippen molar-refractivity contribution in [2.75, 3.05) is 0 Å². The molecule has 2 aliphatic heterocycles. The molecule has 0 atom stereocenters. The largest absolute Gasteiger partial charge is 0.364 e. The highest BCUT2D eigenvalue weighted by Gasteiger charge is 2.23. The lowest BCUT2D eigenvalue weighted by Gasteiger charge is -1.88. The number of hydrogen-bond acceptors (Lipinski definition) is 6. The second kappa shape index (κ2) is 2.19. The lowest BCUT2D eigenvalue weighted by molar-refractivity contribution is 0.417. The van der Waals surface area contributed by atoms with Gasteiger partial charge in [0.2, 0.25) is 5.84 Å². The number of amidine groups is 1. The number of hydrogen-bond donors (Lipinski definition) is 0. The average Bonchev–Trinajstić information content (AvgIpc) is 2.79. The van der Waals surface area contributed by atoms with Gasteiger partial charge in [0.25, 0.3) is 0 Å². The van der Waals surface area contributed by atoms with E-state index in [0.29, 0.717) is 17.2 Å². The topological polar surface area (TPSA) is 75.5 Å². The molecule has 3 rings (SSSR count). The van der Waals surface area contributed by atoms with Crippen molar-refractivity contribution in [3.05, 3.63) is 23.6 Å². The normalized spacial score (nSPS) is 18.3. The molecule has 1 aromatic rings. The third-order valence-corrected chi connectivity index (χ3v) is 1.76. The number of nitrogens with zero attached hydrogens (tertiary/aromatic N) is 5. The Morgan fingerprint density at radius 1 is 1.23 bits per heavy atom. The molecule has 13 heavy (non-hydrogen) atoms. The maximum Gasteiger partial charge on any atom is 0.207 e. The van der Waals surface area contributed by atoms with E-state index in [1.54, 1.807) is 12.3 Å². The van der Waals surface area contributed by atoms with Crippen LogP contribution in [0.25, 0.3) is 5.70 Å². The van der Waals surface area contributed by atoms with Crippen LogP contribution in [0, 0.1) is 0 Å². The molecule has 0 spiro atoms. The Hall–Kier alpha value is -2.11. The van der Waals surface area contributed by atoms with Crippen LogP contribution in [0.1, 0.15) is 5.69 Å². The molecule has 0 amide bonds. The summed E-state index contributed by atoms with van der Waals surface area (Å²) in [5.41, 5.74) is 2.11. The van der Waals surface area contributed by atoms with Gasteiger partial charge >= 0.3 is 0 Å². The zero-order valence-corrected chi connectivity index (χ0v) is 6.38. The first-order chi connectivity index (χ1) is 6.45. The second-order valence-corrected chi connectivity index (χ2v) is 2.52. The molecule has 0 bridgehead atoms. The number of fused-ring (bicyclic) bond motifs is 1. The van der Waals surface area contributed by atoms with Gasteiger partial charge in [-0.25, -0.2) is 0 Å². The summed E-state index contributed by atoms with van der Waals surface area (Å²) in [6.45, 7) is 0. The minimum absolute atomic E-state index is 0.540. The summed E-state index contributed by atoms with van der Waals surface area (Å²) < 4.78 is 4.71. The molecule has 0 radical (unpaired) electrons. The van der Waals surface area contributed by atoms with E-state index in [0.717, 1.165) is 5.57 Å². The van der Waals surface area contributed by atoms with E-state index in [2.05, 4.69) is 25.6 Å². The van der Waals surface area contributed by atoms with Crippen LogP contribution in [-0.4, -0.2) is 17.2 Å². The van der Waals surface area contributed by atoms with Crippen molar-refractivity contribution in [3.8, 4) is 0 Å². The van der Waals surface area contributed by atoms with Gasteiger partial charge < -0.3 is 4.52 Å². The fourth-order valence-corrected chi connectivity index (χ4v) is 1.17. The molecule has 62 valence electrons. The average molecular weight is 173 g/mol. The van der Waals surface area contributed by atoms with Crippen LogP contribution < -0.4 is 0 Å². The van der Waals surface area contributed by atoms with Crippen LogP contribution in [0.3, 0.4) is 0 Å². The van der Waals surface area contributed by atoms with Crippen molar-refractivity contribution in [2.45, 2.75) is 0 Å². The SMILES string of the molecule is C1=NN=C2N=NC(c3ccon3)=C12. The summed E-state index contributed by atoms with van der Waals surface area (Å²) in [5, 5.41) is 19.0. The fraction of sp³-hybridized carbons (Fsp3) is 0. The molecule has 0 N–H and O–H groups in total. The summed E-state index contributed by atoms with van der Waals surface area (Å²) >= 11 is 0. The number of aromatic nitrogens is 1. The van der Waals surface area contributed by atoms with E-state index in [1.807, 2.05) is 0 Å². The van der Waals surface area contributed by atoms with E-state index < -0.39 is 0 Å². The quantitative estimate of drug-likeness (QED) is 0.640. The van der Waals surface area contributed by atoms with Gasteiger partial charge in [-0.05, 0) is 0 Å². The Balaban J connectivity index is 2.20. The maximum absolute atomic E-state index is 4.71. The summed E-state index contributed by atoms with van der Waals surface area (Å²) in [7, 11) is 0. The van der Waals surface area contributed by atoms with Gasteiger partial charge in [-0.1, -0.05) is 5.16 Å². The zero-order chi connectivity index (χ0) is 8.67. The van der Waals surface area contributed by atoms with Gasteiger partial charge in [-0.3, -0.25) is 0 Å². The van der Waals surface area contributed by atoms with E-state index >= 15 is 0 Å². The molecule has 0 aliphatic carbocycles. The molecule has 0 aromatic carbocycles. The lowest BCUT2D eigenvalue weighted by Crippen LogP contribution is -1.92. The smallest absolute Gasteiger partial charge is 0.207 e. The van der Waals surface area contributed by atoms with Gasteiger partial charge in [-0.2, -0.15) is 5.10 Å². The second-order valence-electron chi connectivity index (χ2n) is 2.52. The number of azo groups is 1. The third kappa shape index (κ3) is 0.792. The fourth-order valence-electron chi connectivity index (χ4n) is 1.17. The summed E-state index contributed by atoms with van der Waals surface area (Å²) in [4.78, 5) is 0. The molecule has 0 unspecified atom stereocenters. The predicted molar refractivity (Wildman–Crippen MR) is 44.2 cm³/mol. The first kappa shape index (κ1) is 6.41. The molecule has 6 heteroatoms. The molecule has 0 saturated heterocycles. The van der Waals surface area contributed by atoms with Gasteiger partial charge in [0.1, 0.15) is 17.7 Å². The number of rotatable bonds is 1. The summed E-state index contributed by atoms with van der Waals surface area (Å²) in [6.07, 6.45) is 3.10. The Labute approximate surface area is 72.4 Å². The first-order valence-corrected chi connectivity index (χ1v) is 3.63. The van der Waals surface area contributed by atoms with Crippen molar-refractivity contribution < 1.29 is 4.52 Å². The van der Waals surface area contributed by atoms with Crippen molar-refractivity contribution in [2.24, 2.45) is 20.4 Å². The first-order valence-electron chi connectivity index (χ1n) is 3.63. The van der Waals surface area contributed by atoms with E-state index in [-0.39, 0.29) is 0 Å². The minimum atomic E-state index is 0.540. The summed E-state index contributed by atoms with van der Waals surface area (Å²) in [6, 6.07) is 1.72. The maximum atomic E-state index is 4.71. The van der Waals surface area contributed by atoms with Crippen LogP contribution in [0.15, 0.2) is 42.9 Å². The highest BCUT2D eigenvalue weighted by Crippen LogP contribution is 2.27. The standard InChI is InChI=1S/C7H3N5O/c1-2-13-12-5(1)6-4-3-8-10-7(4)11-9-6/h1-3H. The van der Waals surface area contributed by atoms with Crippen molar-refractivity contribution in [3.63, 3.8) is 0 Å². The van der Waals surface area contributed by atoms with Crippen LogP contribution in [-0.2, 0) is 0 Å². The Kier molecular flexibility index (Phi) is 1.08. The highest BCUT2D eigenvalue weighted by atomic mass is 16.5. The monoisotopic (exact) mass is 173 g/mol. The molecule has 3 heterocycles. The Bertz CT molecular complexity index is 465. The Morgan fingerprint density at radius 3 is 3.08 bits per heavy atom. The molecule has 0 fully saturated rings. The van der Waals surface area contributed by atoms with Crippen LogP contribution in [0.5, 0.6) is 0 Å². The van der Waals surface area contributed by atoms with Crippen LogP contribution in [0.2, 0.25) is 0 Å². The lowest BCUT2D eigenvalue weighted by atomic mass is 10.2. The van der Waals surface area contributed by atoms with E-state index in [9.17, 15) is 0 Å². The van der Waals surface area contributed by atoms with Gasteiger partial charge in [0.05, 0.1) is 11.8 Å². The molecule has 1 aromatic heterocycles. The van der Waals surface area contributed by atoms with Gasteiger partial charge in [-0.15, -0.1) is 15.3 Å². The molecule has 6 nitrogen and oxygen atoms in total. The van der Waals surface area contributed by atoms with E-state index in [4.69, 9.17) is 4.52 Å². The highest BCUT2D eigenvalue weighted by molar-refractivity contribution is 6.24. The van der Waals surface area contributed by atoms with Gasteiger partial charge in [0.15, 0.2) is 0 Å². The molecule has 2 aliphatic rings. The van der Waals surface area contributed by atoms with Gasteiger partial charge in [0, 0.05) is 6.07 Å². The summed E-state index contributed by atoms with van der Waals surface area (Å²) in [5.74, 6) is 0.540. The minimum Gasteiger partial charge on any atom is -0.364 e. The molecular formula is C7H3N5O. The van der Waals surface area contributed by atoms with Crippen molar-refractivity contribution in [1.29, 1.82) is 0 Å². The van der Waals surface area contributed by atoms with Crippen LogP contribution in [0.4, 0.5) is 0 Å². The predicted octanol–water partition coefficient (Wildman–Crippen LogP) is 1.25. The Morgan fingerprint density at radius 2 is 2.23 bits per heavy atom. The van der Waals surface area contributed by atoms with E-state index in [1.165, 1.54) is 6.26 Å². The molecular weight excluding hydrogens is 170 g/mol. The van der Waals surface area contributed by atoms with Crippen molar-refractivity contribution >= 4 is 17.7 Å². The molecule has 0 saturated carbocycles. The van der Waals surface area contributed by atoms with Crippen LogP contribution >= 0.6 is 0 Å².